The van der Waals surface area contributed by atoms with E-state index in [1.807, 2.05) is 48.5 Å². The Labute approximate surface area is 165 Å². The molecule has 1 saturated heterocycles. The van der Waals surface area contributed by atoms with Crippen LogP contribution in [0, 0.1) is 5.92 Å². The lowest BCUT2D eigenvalue weighted by molar-refractivity contribution is -0.128. The van der Waals surface area contributed by atoms with Crippen LogP contribution >= 0.6 is 11.6 Å². The van der Waals surface area contributed by atoms with Crippen LogP contribution in [0.5, 0.6) is 0 Å². The lowest BCUT2D eigenvalue weighted by Crippen LogP contribution is -2.30. The summed E-state index contributed by atoms with van der Waals surface area (Å²) in [4.78, 5) is 26.6. The van der Waals surface area contributed by atoms with Gasteiger partial charge in [0.2, 0.25) is 11.8 Å². The summed E-state index contributed by atoms with van der Waals surface area (Å²) in [6, 6.07) is 15.5. The molecular formula is C22H25ClN2O2. The van der Waals surface area contributed by atoms with Gasteiger partial charge in [0.25, 0.3) is 0 Å². The number of nitrogens with one attached hydrogen (secondary N) is 1. The molecule has 1 N–H and O–H groups in total. The molecule has 4 nitrogen and oxygen atoms in total. The predicted molar refractivity (Wildman–Crippen MR) is 109 cm³/mol. The van der Waals surface area contributed by atoms with Gasteiger partial charge in [0.15, 0.2) is 0 Å². The largest absolute Gasteiger partial charge is 0.342 e. The van der Waals surface area contributed by atoms with Gasteiger partial charge >= 0.3 is 0 Å². The normalized spacial score (nSPS) is 16.8. The Balaban J connectivity index is 1.53. The van der Waals surface area contributed by atoms with Crippen molar-refractivity contribution in [2.75, 3.05) is 18.4 Å². The SMILES string of the molecule is CC(C)c1ccc(NC(=O)C2CC(=O)N(CCc3cccc(Cl)c3)C2)cc1. The van der Waals surface area contributed by atoms with Crippen LogP contribution in [0.15, 0.2) is 48.5 Å². The average Bonchev–Trinajstić information content (AvgIpc) is 3.01. The zero-order valence-electron chi connectivity index (χ0n) is 15.7. The van der Waals surface area contributed by atoms with Crippen LogP contribution in [0.1, 0.15) is 37.3 Å². The summed E-state index contributed by atoms with van der Waals surface area (Å²) in [5.41, 5.74) is 3.10. The third kappa shape index (κ3) is 5.10. The van der Waals surface area contributed by atoms with Crippen molar-refractivity contribution in [1.82, 2.24) is 4.90 Å². The minimum Gasteiger partial charge on any atom is -0.342 e. The molecule has 1 aliphatic heterocycles. The summed E-state index contributed by atoms with van der Waals surface area (Å²) in [7, 11) is 0. The molecule has 27 heavy (non-hydrogen) atoms. The Kier molecular flexibility index (Phi) is 6.17. The number of anilines is 1. The van der Waals surface area contributed by atoms with Crippen molar-refractivity contribution in [2.45, 2.75) is 32.6 Å². The first kappa shape index (κ1) is 19.4. The van der Waals surface area contributed by atoms with Crippen LogP contribution in [0.3, 0.4) is 0 Å². The van der Waals surface area contributed by atoms with E-state index in [9.17, 15) is 9.59 Å². The van der Waals surface area contributed by atoms with Gasteiger partial charge in [0.1, 0.15) is 0 Å². The Morgan fingerprint density at radius 3 is 2.63 bits per heavy atom. The molecule has 2 aromatic carbocycles. The second-order valence-electron chi connectivity index (χ2n) is 7.39. The fourth-order valence-corrected chi connectivity index (χ4v) is 3.53. The van der Waals surface area contributed by atoms with Gasteiger partial charge < -0.3 is 10.2 Å². The van der Waals surface area contributed by atoms with Crippen molar-refractivity contribution in [1.29, 1.82) is 0 Å². The maximum absolute atomic E-state index is 12.5. The highest BCUT2D eigenvalue weighted by atomic mass is 35.5. The Hall–Kier alpha value is -2.33. The molecule has 1 heterocycles. The molecule has 1 aliphatic rings. The zero-order chi connectivity index (χ0) is 19.4. The van der Waals surface area contributed by atoms with Crippen molar-refractivity contribution in [3.05, 3.63) is 64.7 Å². The molecule has 0 spiro atoms. The highest BCUT2D eigenvalue weighted by molar-refractivity contribution is 6.30. The molecule has 0 radical (unpaired) electrons. The maximum Gasteiger partial charge on any atom is 0.229 e. The number of halogens is 1. The third-order valence-electron chi connectivity index (χ3n) is 4.99. The van der Waals surface area contributed by atoms with Crippen molar-refractivity contribution < 1.29 is 9.59 Å². The molecule has 1 unspecified atom stereocenters. The molecule has 5 heteroatoms. The maximum atomic E-state index is 12.5. The van der Waals surface area contributed by atoms with Gasteiger partial charge in [-0.25, -0.2) is 0 Å². The molecule has 1 atom stereocenters. The van der Waals surface area contributed by atoms with Crippen LogP contribution in [0.2, 0.25) is 5.02 Å². The average molecular weight is 385 g/mol. The summed E-state index contributed by atoms with van der Waals surface area (Å²) in [5.74, 6) is 0.0927. The van der Waals surface area contributed by atoms with Gasteiger partial charge in [-0.15, -0.1) is 0 Å². The van der Waals surface area contributed by atoms with E-state index in [2.05, 4.69) is 19.2 Å². The Bertz CT molecular complexity index is 817. The van der Waals surface area contributed by atoms with E-state index in [0.29, 0.717) is 24.0 Å². The Morgan fingerprint density at radius 1 is 1.22 bits per heavy atom. The van der Waals surface area contributed by atoms with Gasteiger partial charge in [-0.3, -0.25) is 9.59 Å². The minimum atomic E-state index is -0.304. The Morgan fingerprint density at radius 2 is 1.96 bits per heavy atom. The highest BCUT2D eigenvalue weighted by Gasteiger charge is 2.34. The van der Waals surface area contributed by atoms with E-state index in [0.717, 1.165) is 17.7 Å². The summed E-state index contributed by atoms with van der Waals surface area (Å²) < 4.78 is 0. The number of carbonyl (C=O) groups excluding carboxylic acids is 2. The summed E-state index contributed by atoms with van der Waals surface area (Å²) in [6.07, 6.45) is 1.00. The van der Waals surface area contributed by atoms with Crippen molar-refractivity contribution >= 4 is 29.1 Å². The van der Waals surface area contributed by atoms with Gasteiger partial charge in [-0.1, -0.05) is 49.7 Å². The highest BCUT2D eigenvalue weighted by Crippen LogP contribution is 2.22. The van der Waals surface area contributed by atoms with Gasteiger partial charge in [-0.2, -0.15) is 0 Å². The van der Waals surface area contributed by atoms with E-state index in [4.69, 9.17) is 11.6 Å². The number of benzene rings is 2. The molecule has 2 aromatic rings. The minimum absolute atomic E-state index is 0.0346. The molecule has 0 aliphatic carbocycles. The van der Waals surface area contributed by atoms with E-state index in [1.54, 1.807) is 4.90 Å². The molecule has 142 valence electrons. The molecule has 3 rings (SSSR count). The van der Waals surface area contributed by atoms with Crippen LogP contribution in [-0.2, 0) is 16.0 Å². The number of carbonyl (C=O) groups is 2. The van der Waals surface area contributed by atoms with Crippen molar-refractivity contribution in [3.63, 3.8) is 0 Å². The number of amides is 2. The molecular weight excluding hydrogens is 360 g/mol. The standard InChI is InChI=1S/C22H25ClN2O2/c1-15(2)17-6-8-20(9-7-17)24-22(27)18-13-21(26)25(14-18)11-10-16-4-3-5-19(23)12-16/h3-9,12,15,18H,10-11,13-14H2,1-2H3,(H,24,27). The quantitative estimate of drug-likeness (QED) is 0.797. The number of rotatable bonds is 6. The molecule has 0 aromatic heterocycles. The first-order chi connectivity index (χ1) is 12.9. The van der Waals surface area contributed by atoms with E-state index in [1.165, 1.54) is 5.56 Å². The number of hydrogen-bond donors (Lipinski definition) is 1. The first-order valence-electron chi connectivity index (χ1n) is 9.35. The van der Waals surface area contributed by atoms with E-state index < -0.39 is 0 Å². The van der Waals surface area contributed by atoms with Crippen LogP contribution in [-0.4, -0.2) is 29.8 Å². The van der Waals surface area contributed by atoms with Gasteiger partial charge in [0, 0.05) is 30.2 Å². The lowest BCUT2D eigenvalue weighted by atomic mass is 10.0. The van der Waals surface area contributed by atoms with Crippen LogP contribution < -0.4 is 5.32 Å². The first-order valence-corrected chi connectivity index (χ1v) is 9.73. The smallest absolute Gasteiger partial charge is 0.229 e. The number of likely N-dealkylation sites (tertiary alicyclic amines) is 1. The fourth-order valence-electron chi connectivity index (χ4n) is 3.32. The summed E-state index contributed by atoms with van der Waals surface area (Å²) in [5, 5.41) is 3.63. The third-order valence-corrected chi connectivity index (χ3v) is 5.22. The summed E-state index contributed by atoms with van der Waals surface area (Å²) in [6.45, 7) is 5.34. The fraction of sp³-hybridized carbons (Fsp3) is 0.364. The number of nitrogens with zero attached hydrogens (tertiary/aromatic N) is 1. The molecule has 0 saturated carbocycles. The van der Waals surface area contributed by atoms with E-state index >= 15 is 0 Å². The predicted octanol–water partition coefficient (Wildman–Crippen LogP) is 4.49. The number of hydrogen-bond acceptors (Lipinski definition) is 2. The van der Waals surface area contributed by atoms with Gasteiger partial charge in [0.05, 0.1) is 5.92 Å². The zero-order valence-corrected chi connectivity index (χ0v) is 16.5. The molecule has 1 fully saturated rings. The van der Waals surface area contributed by atoms with Crippen molar-refractivity contribution in [2.24, 2.45) is 5.92 Å². The molecule has 2 amide bonds. The van der Waals surface area contributed by atoms with Crippen LogP contribution in [0.4, 0.5) is 5.69 Å². The van der Waals surface area contributed by atoms with Crippen LogP contribution in [0.25, 0.3) is 0 Å². The summed E-state index contributed by atoms with van der Waals surface area (Å²) >= 11 is 6.00. The van der Waals surface area contributed by atoms with E-state index in [-0.39, 0.29) is 24.2 Å². The lowest BCUT2D eigenvalue weighted by Gasteiger charge is -2.17. The van der Waals surface area contributed by atoms with Crippen molar-refractivity contribution in [3.8, 4) is 0 Å². The molecule has 0 bridgehead atoms. The topological polar surface area (TPSA) is 49.4 Å². The monoisotopic (exact) mass is 384 g/mol. The second kappa shape index (κ2) is 8.57. The second-order valence-corrected chi connectivity index (χ2v) is 7.82. The van der Waals surface area contributed by atoms with Gasteiger partial charge in [-0.05, 0) is 47.7 Å².